The number of rotatable bonds is 5. The van der Waals surface area contributed by atoms with E-state index in [1.54, 1.807) is 31.6 Å². The van der Waals surface area contributed by atoms with Crippen molar-refractivity contribution in [1.82, 2.24) is 9.88 Å². The van der Waals surface area contributed by atoms with Gasteiger partial charge in [0.1, 0.15) is 0 Å². The quantitative estimate of drug-likeness (QED) is 0.807. The Balaban J connectivity index is 2.45. The minimum atomic E-state index is -0.843. The molecule has 0 radical (unpaired) electrons. The van der Waals surface area contributed by atoms with Gasteiger partial charge in [0.2, 0.25) is 0 Å². The van der Waals surface area contributed by atoms with Crippen LogP contribution in [0.2, 0.25) is 0 Å². The fourth-order valence-corrected chi connectivity index (χ4v) is 1.28. The molecule has 0 bridgehead atoms. The molecule has 0 atom stereocenters. The first-order chi connectivity index (χ1) is 7.61. The van der Waals surface area contributed by atoms with Gasteiger partial charge >= 0.3 is 5.97 Å². The van der Waals surface area contributed by atoms with E-state index in [-0.39, 0.29) is 12.3 Å². The summed E-state index contributed by atoms with van der Waals surface area (Å²) in [5, 5.41) is 8.47. The van der Waals surface area contributed by atoms with Crippen LogP contribution < -0.4 is 0 Å². The van der Waals surface area contributed by atoms with E-state index in [1.165, 1.54) is 4.90 Å². The van der Waals surface area contributed by atoms with Gasteiger partial charge in [0.15, 0.2) is 0 Å². The number of carbonyl (C=O) groups excluding carboxylic acids is 1. The Morgan fingerprint density at radius 3 is 2.56 bits per heavy atom. The predicted octanol–water partition coefficient (Wildman–Crippen LogP) is 1.02. The molecule has 1 rings (SSSR count). The van der Waals surface area contributed by atoms with Crippen LogP contribution in [0.15, 0.2) is 24.5 Å². The van der Waals surface area contributed by atoms with E-state index in [9.17, 15) is 9.59 Å². The van der Waals surface area contributed by atoms with Gasteiger partial charge in [-0.15, -0.1) is 0 Å². The third-order valence-corrected chi connectivity index (χ3v) is 2.16. The molecule has 1 aromatic heterocycles. The second kappa shape index (κ2) is 5.85. The highest BCUT2D eigenvalue weighted by atomic mass is 16.4. The van der Waals surface area contributed by atoms with Crippen LogP contribution in [0.4, 0.5) is 0 Å². The minimum Gasteiger partial charge on any atom is -0.481 e. The van der Waals surface area contributed by atoms with Crippen molar-refractivity contribution in [3.63, 3.8) is 0 Å². The van der Waals surface area contributed by atoms with E-state index in [0.29, 0.717) is 18.5 Å². The maximum absolute atomic E-state index is 11.8. The maximum Gasteiger partial charge on any atom is 0.303 e. The van der Waals surface area contributed by atoms with Gasteiger partial charge in [0.25, 0.3) is 5.91 Å². The molecule has 0 aromatic carbocycles. The summed E-state index contributed by atoms with van der Waals surface area (Å²) in [5.74, 6) is -0.961. The van der Waals surface area contributed by atoms with Gasteiger partial charge < -0.3 is 10.0 Å². The van der Waals surface area contributed by atoms with Crippen LogP contribution >= 0.6 is 0 Å². The zero-order chi connectivity index (χ0) is 12.0. The average molecular weight is 222 g/mol. The summed E-state index contributed by atoms with van der Waals surface area (Å²) >= 11 is 0. The topological polar surface area (TPSA) is 70.5 Å². The zero-order valence-electron chi connectivity index (χ0n) is 9.09. The van der Waals surface area contributed by atoms with E-state index in [2.05, 4.69) is 4.98 Å². The van der Waals surface area contributed by atoms with Gasteiger partial charge in [-0.3, -0.25) is 14.6 Å². The number of amides is 1. The highest BCUT2D eigenvalue weighted by molar-refractivity contribution is 5.93. The number of aliphatic carboxylic acids is 1. The third kappa shape index (κ3) is 3.68. The number of carboxylic acids is 1. The van der Waals surface area contributed by atoms with Crippen LogP contribution in [-0.4, -0.2) is 40.5 Å². The SMILES string of the molecule is CN(CCCC(=O)O)C(=O)c1ccncc1. The van der Waals surface area contributed by atoms with Crippen LogP contribution in [0.25, 0.3) is 0 Å². The van der Waals surface area contributed by atoms with Crippen molar-refractivity contribution in [2.45, 2.75) is 12.8 Å². The van der Waals surface area contributed by atoms with E-state index in [4.69, 9.17) is 5.11 Å². The number of pyridine rings is 1. The van der Waals surface area contributed by atoms with E-state index in [1.807, 2.05) is 0 Å². The molecular formula is C11H14N2O3. The molecule has 0 spiro atoms. The van der Waals surface area contributed by atoms with Gasteiger partial charge in [-0.1, -0.05) is 0 Å². The highest BCUT2D eigenvalue weighted by Gasteiger charge is 2.10. The molecule has 1 N–H and O–H groups in total. The Hall–Kier alpha value is -1.91. The Morgan fingerprint density at radius 2 is 2.00 bits per heavy atom. The van der Waals surface area contributed by atoms with Crippen molar-refractivity contribution in [2.75, 3.05) is 13.6 Å². The summed E-state index contributed by atoms with van der Waals surface area (Å²) in [6.07, 6.45) is 3.65. The second-order valence-electron chi connectivity index (χ2n) is 3.46. The monoisotopic (exact) mass is 222 g/mol. The van der Waals surface area contributed by atoms with Gasteiger partial charge in [0, 0.05) is 38.0 Å². The lowest BCUT2D eigenvalue weighted by Crippen LogP contribution is -2.28. The first kappa shape index (κ1) is 12.2. The Kier molecular flexibility index (Phi) is 4.44. The molecule has 0 saturated carbocycles. The maximum atomic E-state index is 11.8. The molecule has 86 valence electrons. The number of carboxylic acid groups (broad SMARTS) is 1. The number of nitrogens with zero attached hydrogens (tertiary/aromatic N) is 2. The first-order valence-electron chi connectivity index (χ1n) is 4.98. The van der Waals surface area contributed by atoms with Crippen molar-refractivity contribution in [1.29, 1.82) is 0 Å². The fourth-order valence-electron chi connectivity index (χ4n) is 1.28. The minimum absolute atomic E-state index is 0.0773. The van der Waals surface area contributed by atoms with Crippen molar-refractivity contribution in [2.24, 2.45) is 0 Å². The standard InChI is InChI=1S/C11H14N2O3/c1-13(8-2-3-10(14)15)11(16)9-4-6-12-7-5-9/h4-7H,2-3,8H2,1H3,(H,14,15). The van der Waals surface area contributed by atoms with Crippen LogP contribution in [0.1, 0.15) is 23.2 Å². The van der Waals surface area contributed by atoms with Crippen LogP contribution in [0, 0.1) is 0 Å². The van der Waals surface area contributed by atoms with Gasteiger partial charge in [0.05, 0.1) is 0 Å². The number of aromatic nitrogens is 1. The molecule has 0 aliphatic heterocycles. The smallest absolute Gasteiger partial charge is 0.303 e. The lowest BCUT2D eigenvalue weighted by atomic mass is 10.2. The van der Waals surface area contributed by atoms with Crippen molar-refractivity contribution >= 4 is 11.9 Å². The summed E-state index contributed by atoms with van der Waals surface area (Å²) < 4.78 is 0. The van der Waals surface area contributed by atoms with E-state index >= 15 is 0 Å². The Bertz CT molecular complexity index is 365. The highest BCUT2D eigenvalue weighted by Crippen LogP contribution is 2.03. The molecule has 1 amide bonds. The number of hydrogen-bond acceptors (Lipinski definition) is 3. The molecule has 1 heterocycles. The van der Waals surface area contributed by atoms with Crippen molar-refractivity contribution in [3.05, 3.63) is 30.1 Å². The molecule has 0 aliphatic carbocycles. The summed E-state index contributed by atoms with van der Waals surface area (Å²) in [7, 11) is 1.66. The number of hydrogen-bond donors (Lipinski definition) is 1. The molecule has 1 aromatic rings. The average Bonchev–Trinajstić information content (AvgIpc) is 2.28. The summed E-state index contributed by atoms with van der Waals surface area (Å²) in [6.45, 7) is 0.438. The van der Waals surface area contributed by atoms with E-state index in [0.717, 1.165) is 0 Å². The molecule has 0 fully saturated rings. The van der Waals surface area contributed by atoms with Crippen molar-refractivity contribution in [3.8, 4) is 0 Å². The summed E-state index contributed by atoms with van der Waals surface area (Å²) in [5.41, 5.74) is 0.563. The van der Waals surface area contributed by atoms with Gasteiger partial charge in [-0.2, -0.15) is 0 Å². The van der Waals surface area contributed by atoms with Crippen LogP contribution in [0.5, 0.6) is 0 Å². The van der Waals surface area contributed by atoms with Crippen LogP contribution in [0.3, 0.4) is 0 Å². The fraction of sp³-hybridized carbons (Fsp3) is 0.364. The first-order valence-corrected chi connectivity index (χ1v) is 4.98. The lowest BCUT2D eigenvalue weighted by Gasteiger charge is -2.16. The van der Waals surface area contributed by atoms with Gasteiger partial charge in [-0.25, -0.2) is 0 Å². The normalized spacial score (nSPS) is 9.81. The molecule has 5 heteroatoms. The number of carbonyl (C=O) groups is 2. The predicted molar refractivity (Wildman–Crippen MR) is 58.1 cm³/mol. The molecular weight excluding hydrogens is 208 g/mol. The van der Waals surface area contributed by atoms with Gasteiger partial charge in [-0.05, 0) is 18.6 Å². The summed E-state index contributed by atoms with van der Waals surface area (Å²) in [4.78, 5) is 27.4. The molecule has 5 nitrogen and oxygen atoms in total. The van der Waals surface area contributed by atoms with Crippen molar-refractivity contribution < 1.29 is 14.7 Å². The molecule has 0 unspecified atom stereocenters. The molecule has 0 aliphatic rings. The summed E-state index contributed by atoms with van der Waals surface area (Å²) in [6, 6.07) is 3.27. The van der Waals surface area contributed by atoms with E-state index < -0.39 is 5.97 Å². The van der Waals surface area contributed by atoms with Crippen LogP contribution in [-0.2, 0) is 4.79 Å². The largest absolute Gasteiger partial charge is 0.481 e. The third-order valence-electron chi connectivity index (χ3n) is 2.16. The Morgan fingerprint density at radius 1 is 1.38 bits per heavy atom. The Labute approximate surface area is 93.7 Å². The molecule has 16 heavy (non-hydrogen) atoms. The lowest BCUT2D eigenvalue weighted by molar-refractivity contribution is -0.137. The molecule has 0 saturated heterocycles. The second-order valence-corrected chi connectivity index (χ2v) is 3.46. The zero-order valence-corrected chi connectivity index (χ0v) is 9.09.